The molecule has 6 heteroatoms. The largest absolute Gasteiger partial charge is 2.00 e. The Kier molecular flexibility index (Phi) is 19.6. The number of aromatic amines is 1. The predicted molar refractivity (Wildman–Crippen MR) is 43.5 cm³/mol. The molecule has 4 N–H and O–H groups in total. The summed E-state index contributed by atoms with van der Waals surface area (Å²) in [5, 5.41) is 7.42. The Morgan fingerprint density at radius 1 is 1.73 bits per heavy atom. The van der Waals surface area contributed by atoms with E-state index in [1.807, 2.05) is 0 Å². The van der Waals surface area contributed by atoms with Crippen LogP contribution in [0, 0.1) is 0 Å². The summed E-state index contributed by atoms with van der Waals surface area (Å²) >= 11 is 0. The van der Waals surface area contributed by atoms with Crippen LogP contribution < -0.4 is 0 Å². The molecule has 0 fully saturated rings. The Morgan fingerprint density at radius 3 is 2.27 bits per heavy atom. The van der Waals surface area contributed by atoms with Crippen LogP contribution in [-0.2, 0) is 4.79 Å². The molecule has 0 unspecified atom stereocenters. The van der Waals surface area contributed by atoms with Gasteiger partial charge in [-0.25, -0.2) is 4.98 Å². The smallest absolute Gasteiger partial charge is 1.00 e. The molecule has 1 aromatic rings. The third-order valence-corrected chi connectivity index (χ3v) is 0.406. The molecule has 1 rings (SSSR count). The summed E-state index contributed by atoms with van der Waals surface area (Å²) in [5.41, 5.74) is 0. The summed E-state index contributed by atoms with van der Waals surface area (Å²) < 4.78 is 0. The van der Waals surface area contributed by atoms with Crippen molar-refractivity contribution in [3.63, 3.8) is 0 Å². The van der Waals surface area contributed by atoms with E-state index in [1.165, 1.54) is 0 Å². The van der Waals surface area contributed by atoms with Crippen molar-refractivity contribution in [2.75, 3.05) is 0 Å². The van der Waals surface area contributed by atoms with Gasteiger partial charge in [-0.1, -0.05) is 0 Å². The SMILES string of the molecule is CC(=O)O.O.[Ca+2].[H-].[H-].c1c[nH]cn1. The minimum Gasteiger partial charge on any atom is -1.00 e. The molecule has 1 heterocycles. The number of aromatic nitrogens is 2. The van der Waals surface area contributed by atoms with Crippen molar-refractivity contribution in [1.29, 1.82) is 0 Å². The number of carbonyl (C=O) groups is 1. The summed E-state index contributed by atoms with van der Waals surface area (Å²) in [4.78, 5) is 15.4. The van der Waals surface area contributed by atoms with Gasteiger partial charge in [0.05, 0.1) is 6.33 Å². The number of nitrogens with one attached hydrogen (secondary N) is 1. The number of hydrogen-bond acceptors (Lipinski definition) is 2. The van der Waals surface area contributed by atoms with Crippen molar-refractivity contribution in [2.24, 2.45) is 0 Å². The summed E-state index contributed by atoms with van der Waals surface area (Å²) in [6, 6.07) is 0. The van der Waals surface area contributed by atoms with Crippen molar-refractivity contribution in [1.82, 2.24) is 9.97 Å². The minimum atomic E-state index is -0.833. The molecule has 0 atom stereocenters. The van der Waals surface area contributed by atoms with Gasteiger partial charge in [0.1, 0.15) is 0 Å². The Balaban J connectivity index is -0.0000000256. The van der Waals surface area contributed by atoms with Gasteiger partial charge in [-0.2, -0.15) is 0 Å². The van der Waals surface area contributed by atoms with Crippen LogP contribution in [-0.4, -0.2) is 64.3 Å². The normalized spacial score (nSPS) is 5.91. The fourth-order valence-electron chi connectivity index (χ4n) is 0.215. The molecule has 0 saturated heterocycles. The zero-order chi connectivity index (χ0) is 7.11. The van der Waals surface area contributed by atoms with E-state index in [1.54, 1.807) is 18.7 Å². The molecule has 0 aliphatic heterocycles. The Morgan fingerprint density at radius 2 is 2.18 bits per heavy atom. The molecule has 0 spiro atoms. The summed E-state index contributed by atoms with van der Waals surface area (Å²) in [6.07, 6.45) is 5.08. The number of imidazole rings is 1. The van der Waals surface area contributed by atoms with E-state index in [-0.39, 0.29) is 46.1 Å². The van der Waals surface area contributed by atoms with Gasteiger partial charge in [0.15, 0.2) is 0 Å². The van der Waals surface area contributed by atoms with Crippen LogP contribution in [0.1, 0.15) is 9.78 Å². The molecule has 1 aromatic heterocycles. The third kappa shape index (κ3) is 25.7. The number of hydrogen-bond donors (Lipinski definition) is 2. The fraction of sp³-hybridized carbons (Fsp3) is 0.200. The maximum absolute atomic E-state index is 9.00. The minimum absolute atomic E-state index is 0. The Labute approximate surface area is 97.1 Å². The Hall–Kier alpha value is -0.100. The molecule has 5 nitrogen and oxygen atoms in total. The topological polar surface area (TPSA) is 97.5 Å². The predicted octanol–water partition coefficient (Wildman–Crippen LogP) is -0.480. The van der Waals surface area contributed by atoms with Gasteiger partial charge in [-0.05, 0) is 0 Å². The Bertz CT molecular complexity index is 142. The maximum Gasteiger partial charge on any atom is 2.00 e. The van der Waals surface area contributed by atoms with Crippen LogP contribution in [0.4, 0.5) is 0 Å². The van der Waals surface area contributed by atoms with Gasteiger partial charge in [0.25, 0.3) is 5.97 Å². The molecule has 0 aliphatic rings. The number of rotatable bonds is 0. The van der Waals surface area contributed by atoms with Crippen molar-refractivity contribution in [3.05, 3.63) is 18.7 Å². The number of carboxylic acids is 1. The van der Waals surface area contributed by atoms with E-state index in [9.17, 15) is 0 Å². The van der Waals surface area contributed by atoms with Crippen LogP contribution in [0.25, 0.3) is 0 Å². The molecule has 62 valence electrons. The number of aliphatic carboxylic acids is 1. The zero-order valence-electron chi connectivity index (χ0n) is 8.24. The van der Waals surface area contributed by atoms with Crippen molar-refractivity contribution < 1.29 is 18.2 Å². The quantitative estimate of drug-likeness (QED) is 0.538. The second-order valence-corrected chi connectivity index (χ2v) is 1.28. The molecule has 0 amide bonds. The van der Waals surface area contributed by atoms with Gasteiger partial charge >= 0.3 is 37.7 Å². The van der Waals surface area contributed by atoms with E-state index >= 15 is 0 Å². The summed E-state index contributed by atoms with van der Waals surface area (Å²) in [7, 11) is 0. The van der Waals surface area contributed by atoms with Crippen LogP contribution >= 0.6 is 0 Å². The van der Waals surface area contributed by atoms with Crippen molar-refractivity contribution in [2.45, 2.75) is 6.92 Å². The van der Waals surface area contributed by atoms with Crippen LogP contribution in [0.5, 0.6) is 0 Å². The van der Waals surface area contributed by atoms with E-state index in [0.29, 0.717) is 0 Å². The van der Waals surface area contributed by atoms with E-state index in [2.05, 4.69) is 9.97 Å². The fourth-order valence-corrected chi connectivity index (χ4v) is 0.215. The monoisotopic (exact) mass is 188 g/mol. The van der Waals surface area contributed by atoms with Crippen LogP contribution in [0.3, 0.4) is 0 Å². The molecular weight excluding hydrogens is 176 g/mol. The van der Waals surface area contributed by atoms with Gasteiger partial charge in [-0.15, -0.1) is 0 Å². The molecule has 0 saturated carbocycles. The van der Waals surface area contributed by atoms with Gasteiger partial charge < -0.3 is 18.4 Å². The second kappa shape index (κ2) is 12.6. The van der Waals surface area contributed by atoms with Crippen LogP contribution in [0.15, 0.2) is 18.7 Å². The van der Waals surface area contributed by atoms with Crippen molar-refractivity contribution >= 4 is 43.7 Å². The summed E-state index contributed by atoms with van der Waals surface area (Å²) in [6.45, 7) is 1.08. The van der Waals surface area contributed by atoms with Crippen molar-refractivity contribution in [3.8, 4) is 0 Å². The van der Waals surface area contributed by atoms with Gasteiger partial charge in [0.2, 0.25) is 0 Å². The first-order valence-electron chi connectivity index (χ1n) is 2.35. The van der Waals surface area contributed by atoms with Gasteiger partial charge in [-0.3, -0.25) is 4.79 Å². The first-order chi connectivity index (χ1) is 4.23. The number of nitrogens with zero attached hydrogens (tertiary/aromatic N) is 1. The van der Waals surface area contributed by atoms with E-state index < -0.39 is 5.97 Å². The number of H-pyrrole nitrogens is 1. The third-order valence-electron chi connectivity index (χ3n) is 0.406. The van der Waals surface area contributed by atoms with Gasteiger partial charge in [0, 0.05) is 19.3 Å². The molecule has 11 heavy (non-hydrogen) atoms. The average Bonchev–Trinajstić information content (AvgIpc) is 2.11. The average molecular weight is 188 g/mol. The first kappa shape index (κ1) is 17.1. The zero-order valence-corrected chi connectivity index (χ0v) is 8.45. The second-order valence-electron chi connectivity index (χ2n) is 1.28. The van der Waals surface area contributed by atoms with E-state index in [4.69, 9.17) is 9.90 Å². The van der Waals surface area contributed by atoms with Crippen LogP contribution in [0.2, 0.25) is 0 Å². The molecule has 0 bridgehead atoms. The van der Waals surface area contributed by atoms with E-state index in [0.717, 1.165) is 6.92 Å². The number of carboxylic acid groups (broad SMARTS) is 1. The molecular formula is C5H12CaN2O3. The standard InChI is InChI=1S/C3H4N2.C2H4O2.Ca.H2O.2H/c1-2-5-3-4-1;1-2(3)4;;;;/h1-3H,(H,4,5);1H3,(H,3,4);;1H2;;/q;;+2;;2*-1. The molecule has 0 radical (unpaired) electrons. The maximum atomic E-state index is 9.00. The molecule has 0 aliphatic carbocycles. The summed E-state index contributed by atoms with van der Waals surface area (Å²) in [5.74, 6) is -0.833. The molecule has 0 aromatic carbocycles. The first-order valence-corrected chi connectivity index (χ1v) is 2.35.